The molecule has 1 atom stereocenters. The van der Waals surface area contributed by atoms with E-state index in [1.807, 2.05) is 31.2 Å². The zero-order chi connectivity index (χ0) is 27.4. The molecule has 2 aliphatic rings. The minimum Gasteiger partial charge on any atom is -0.495 e. The third-order valence-corrected chi connectivity index (χ3v) is 8.92. The Morgan fingerprint density at radius 1 is 1.15 bits per heavy atom. The van der Waals surface area contributed by atoms with Crippen LogP contribution in [0.3, 0.4) is 0 Å². The van der Waals surface area contributed by atoms with Crippen molar-refractivity contribution < 1.29 is 27.2 Å². The number of carbonyl (C=O) groups excluding carboxylic acids is 1. The molecule has 1 aromatic heterocycles. The number of nitrogens with zero attached hydrogens (tertiary/aromatic N) is 4. The number of nitrogens with one attached hydrogen (secondary N) is 1. The van der Waals surface area contributed by atoms with Crippen molar-refractivity contribution in [1.82, 2.24) is 19.3 Å². The van der Waals surface area contributed by atoms with Crippen molar-refractivity contribution in [1.29, 1.82) is 0 Å². The number of rotatable bonds is 8. The molecule has 1 N–H and O–H groups in total. The minimum atomic E-state index is -3.81. The van der Waals surface area contributed by atoms with Crippen LogP contribution in [0.4, 0.5) is 5.69 Å². The molecule has 0 aliphatic carbocycles. The van der Waals surface area contributed by atoms with Gasteiger partial charge >= 0.3 is 0 Å². The number of sulfonamides is 1. The van der Waals surface area contributed by atoms with Gasteiger partial charge in [0, 0.05) is 30.9 Å². The largest absolute Gasteiger partial charge is 0.495 e. The molecule has 2 saturated heterocycles. The first-order valence-corrected chi connectivity index (χ1v) is 14.5. The zero-order valence-electron chi connectivity index (χ0n) is 22.1. The summed E-state index contributed by atoms with van der Waals surface area (Å²) in [5.41, 5.74) is 2.42. The lowest BCUT2D eigenvalue weighted by Crippen LogP contribution is -2.41. The fourth-order valence-electron chi connectivity index (χ4n) is 4.95. The van der Waals surface area contributed by atoms with E-state index in [1.165, 1.54) is 17.5 Å². The van der Waals surface area contributed by atoms with Gasteiger partial charge in [-0.2, -0.15) is 9.29 Å². The predicted molar refractivity (Wildman–Crippen MR) is 144 cm³/mol. The standard InChI is InChI=1S/C27H33N5O6S/c1-19-5-3-6-20(15-19)26-29-25(38-30-26)18-31-10-4-7-21(17-31)27(33)28-22-8-9-23(36-2)24(16-22)39(34,35)32-11-13-37-14-12-32/h3,5-6,8-9,15-16,21H,4,7,10-14,17-18H2,1-2H3,(H,28,33). The molecular weight excluding hydrogens is 522 g/mol. The molecule has 2 aromatic carbocycles. The van der Waals surface area contributed by atoms with Crippen LogP contribution in [-0.4, -0.2) is 80.2 Å². The molecule has 0 spiro atoms. The Hall–Kier alpha value is -3.32. The normalized spacial score (nSPS) is 19.1. The van der Waals surface area contributed by atoms with Gasteiger partial charge in [-0.05, 0) is 50.6 Å². The molecule has 12 heteroatoms. The Morgan fingerprint density at radius 3 is 2.74 bits per heavy atom. The molecular formula is C27H33N5O6S. The average molecular weight is 556 g/mol. The number of anilines is 1. The highest BCUT2D eigenvalue weighted by atomic mass is 32.2. The number of aryl methyl sites for hydroxylation is 1. The second-order valence-corrected chi connectivity index (χ2v) is 11.7. The minimum absolute atomic E-state index is 0.0239. The Morgan fingerprint density at radius 2 is 1.97 bits per heavy atom. The van der Waals surface area contributed by atoms with Crippen molar-refractivity contribution in [2.75, 3.05) is 51.8 Å². The SMILES string of the molecule is COc1ccc(NC(=O)C2CCCN(Cc3nc(-c4cccc(C)c4)no3)C2)cc1S(=O)(=O)N1CCOCC1. The molecule has 0 saturated carbocycles. The van der Waals surface area contributed by atoms with Gasteiger partial charge in [-0.3, -0.25) is 9.69 Å². The molecule has 0 radical (unpaired) electrons. The van der Waals surface area contributed by atoms with Gasteiger partial charge in [0.15, 0.2) is 0 Å². The molecule has 2 aliphatic heterocycles. The number of amides is 1. The van der Waals surface area contributed by atoms with Crippen molar-refractivity contribution >= 4 is 21.6 Å². The van der Waals surface area contributed by atoms with E-state index in [1.54, 1.807) is 12.1 Å². The van der Waals surface area contributed by atoms with Crippen molar-refractivity contribution in [2.45, 2.75) is 31.2 Å². The highest BCUT2D eigenvalue weighted by molar-refractivity contribution is 7.89. The van der Waals surface area contributed by atoms with Gasteiger partial charge in [-0.1, -0.05) is 28.9 Å². The van der Waals surface area contributed by atoms with Crippen LogP contribution in [0.1, 0.15) is 24.3 Å². The van der Waals surface area contributed by atoms with E-state index in [2.05, 4.69) is 20.4 Å². The maximum Gasteiger partial charge on any atom is 0.246 e. The third kappa shape index (κ3) is 6.30. The third-order valence-electron chi connectivity index (χ3n) is 7.00. The average Bonchev–Trinajstić information content (AvgIpc) is 3.42. The van der Waals surface area contributed by atoms with Crippen LogP contribution in [-0.2, 0) is 26.1 Å². The van der Waals surface area contributed by atoms with E-state index in [0.717, 1.165) is 30.5 Å². The first-order chi connectivity index (χ1) is 18.8. The molecule has 1 amide bonds. The number of benzene rings is 2. The van der Waals surface area contributed by atoms with Crippen LogP contribution in [0, 0.1) is 12.8 Å². The number of carbonyl (C=O) groups is 1. The number of aromatic nitrogens is 2. The molecule has 1 unspecified atom stereocenters. The lowest BCUT2D eigenvalue weighted by atomic mass is 9.97. The van der Waals surface area contributed by atoms with Crippen molar-refractivity contribution in [3.05, 3.63) is 53.9 Å². The van der Waals surface area contributed by atoms with Crippen LogP contribution in [0.15, 0.2) is 51.9 Å². The molecule has 3 heterocycles. The Bertz CT molecular complexity index is 1420. The fraction of sp³-hybridized carbons (Fsp3) is 0.444. The molecule has 3 aromatic rings. The van der Waals surface area contributed by atoms with E-state index in [-0.39, 0.29) is 35.6 Å². The highest BCUT2D eigenvalue weighted by Crippen LogP contribution is 2.31. The van der Waals surface area contributed by atoms with Gasteiger partial charge in [0.1, 0.15) is 10.6 Å². The summed E-state index contributed by atoms with van der Waals surface area (Å²) < 4.78 is 44.0. The summed E-state index contributed by atoms with van der Waals surface area (Å²) >= 11 is 0. The number of piperidine rings is 1. The number of methoxy groups -OCH3 is 1. The van der Waals surface area contributed by atoms with Gasteiger partial charge in [0.25, 0.3) is 0 Å². The second-order valence-electron chi connectivity index (χ2n) is 9.83. The highest BCUT2D eigenvalue weighted by Gasteiger charge is 2.31. The summed E-state index contributed by atoms with van der Waals surface area (Å²) in [5.74, 6) is 0.848. The van der Waals surface area contributed by atoms with Crippen LogP contribution in [0.2, 0.25) is 0 Å². The van der Waals surface area contributed by atoms with E-state index in [4.69, 9.17) is 14.0 Å². The fourth-order valence-corrected chi connectivity index (χ4v) is 6.54. The summed E-state index contributed by atoms with van der Waals surface area (Å²) in [4.78, 5) is 19.9. The van der Waals surface area contributed by atoms with Crippen LogP contribution < -0.4 is 10.1 Å². The maximum atomic E-state index is 13.3. The van der Waals surface area contributed by atoms with Gasteiger partial charge in [0.2, 0.25) is 27.6 Å². The quantitative estimate of drug-likeness (QED) is 0.446. The molecule has 208 valence electrons. The lowest BCUT2D eigenvalue weighted by Gasteiger charge is -2.31. The number of likely N-dealkylation sites (tertiary alicyclic amines) is 1. The summed E-state index contributed by atoms with van der Waals surface area (Å²) in [6.45, 7) is 5.03. The number of hydrogen-bond acceptors (Lipinski definition) is 9. The zero-order valence-corrected chi connectivity index (χ0v) is 22.9. The Kier molecular flexibility index (Phi) is 8.26. The second kappa shape index (κ2) is 11.8. The van der Waals surface area contributed by atoms with Crippen LogP contribution in [0.25, 0.3) is 11.4 Å². The number of ether oxygens (including phenoxy) is 2. The van der Waals surface area contributed by atoms with Gasteiger partial charge in [0.05, 0.1) is 32.8 Å². The molecule has 11 nitrogen and oxygen atoms in total. The first-order valence-electron chi connectivity index (χ1n) is 13.0. The summed E-state index contributed by atoms with van der Waals surface area (Å²) in [6, 6.07) is 12.6. The molecule has 2 fully saturated rings. The summed E-state index contributed by atoms with van der Waals surface area (Å²) in [7, 11) is -2.38. The first kappa shape index (κ1) is 27.3. The van der Waals surface area contributed by atoms with Gasteiger partial charge < -0.3 is 19.3 Å². The molecule has 0 bridgehead atoms. The number of hydrogen-bond donors (Lipinski definition) is 1. The molecule has 39 heavy (non-hydrogen) atoms. The lowest BCUT2D eigenvalue weighted by molar-refractivity contribution is -0.121. The van der Waals surface area contributed by atoms with Crippen molar-refractivity contribution in [3.8, 4) is 17.1 Å². The van der Waals surface area contributed by atoms with Gasteiger partial charge in [-0.15, -0.1) is 0 Å². The maximum absolute atomic E-state index is 13.3. The van der Waals surface area contributed by atoms with Crippen molar-refractivity contribution in [3.63, 3.8) is 0 Å². The van der Waals surface area contributed by atoms with Crippen LogP contribution >= 0.6 is 0 Å². The van der Waals surface area contributed by atoms with E-state index in [9.17, 15) is 13.2 Å². The van der Waals surface area contributed by atoms with E-state index >= 15 is 0 Å². The smallest absolute Gasteiger partial charge is 0.246 e. The topological polar surface area (TPSA) is 127 Å². The van der Waals surface area contributed by atoms with E-state index in [0.29, 0.717) is 43.7 Å². The van der Waals surface area contributed by atoms with Crippen molar-refractivity contribution in [2.24, 2.45) is 5.92 Å². The number of morpholine rings is 1. The predicted octanol–water partition coefficient (Wildman–Crippen LogP) is 2.93. The Labute approximate surface area is 228 Å². The monoisotopic (exact) mass is 555 g/mol. The van der Waals surface area contributed by atoms with E-state index < -0.39 is 10.0 Å². The summed E-state index contributed by atoms with van der Waals surface area (Å²) in [5, 5.41) is 7.03. The van der Waals surface area contributed by atoms with Gasteiger partial charge in [-0.25, -0.2) is 8.42 Å². The summed E-state index contributed by atoms with van der Waals surface area (Å²) in [6.07, 6.45) is 1.58. The van der Waals surface area contributed by atoms with Crippen LogP contribution in [0.5, 0.6) is 5.75 Å². The molecule has 5 rings (SSSR count). The Balaban J connectivity index is 1.24.